The number of para-hydroxylation sites is 2. The van der Waals surface area contributed by atoms with Crippen molar-refractivity contribution in [3.05, 3.63) is 65.5 Å². The van der Waals surface area contributed by atoms with Gasteiger partial charge < -0.3 is 4.42 Å². The molecule has 2 nitrogen and oxygen atoms in total. The lowest BCUT2D eigenvalue weighted by molar-refractivity contribution is -0.137. The van der Waals surface area contributed by atoms with Gasteiger partial charge in [-0.1, -0.05) is 24.3 Å². The molecule has 5 heteroatoms. The van der Waals surface area contributed by atoms with Crippen molar-refractivity contribution in [1.29, 1.82) is 0 Å². The maximum Gasteiger partial charge on any atom is 0.416 e. The van der Waals surface area contributed by atoms with Gasteiger partial charge in [0.15, 0.2) is 5.58 Å². The first-order chi connectivity index (χ1) is 10.0. The topological polar surface area (TPSA) is 26.0 Å². The lowest BCUT2D eigenvalue weighted by Crippen LogP contribution is -2.03. The molecule has 2 aromatic carbocycles. The molecule has 106 valence electrons. The van der Waals surface area contributed by atoms with E-state index in [0.29, 0.717) is 17.0 Å². The first-order valence-corrected chi connectivity index (χ1v) is 6.23. The Bertz CT molecular complexity index is 752. The Morgan fingerprint density at radius 1 is 0.905 bits per heavy atom. The van der Waals surface area contributed by atoms with Gasteiger partial charge in [0, 0.05) is 6.08 Å². The number of oxazole rings is 1. The highest BCUT2D eigenvalue weighted by Gasteiger charge is 2.29. The Balaban J connectivity index is 1.82. The minimum absolute atomic E-state index is 0.413. The molecule has 0 aliphatic rings. The molecule has 21 heavy (non-hydrogen) atoms. The molecular weight excluding hydrogens is 279 g/mol. The van der Waals surface area contributed by atoms with Crippen LogP contribution >= 0.6 is 0 Å². The maximum absolute atomic E-state index is 12.4. The molecule has 0 amide bonds. The number of alkyl halides is 3. The van der Waals surface area contributed by atoms with E-state index in [0.717, 1.165) is 17.6 Å². The highest BCUT2D eigenvalue weighted by Crippen LogP contribution is 2.29. The van der Waals surface area contributed by atoms with E-state index in [4.69, 9.17) is 4.42 Å². The molecule has 3 aromatic rings. The summed E-state index contributed by atoms with van der Waals surface area (Å²) < 4.78 is 42.8. The van der Waals surface area contributed by atoms with Crippen molar-refractivity contribution >= 4 is 23.3 Å². The van der Waals surface area contributed by atoms with Crippen molar-refractivity contribution in [2.45, 2.75) is 6.18 Å². The lowest BCUT2D eigenvalue weighted by atomic mass is 10.1. The molecule has 1 heterocycles. The molecule has 0 saturated heterocycles. The number of hydrogen-bond donors (Lipinski definition) is 0. The number of nitrogens with zero attached hydrogens (tertiary/aromatic N) is 1. The number of aromatic nitrogens is 1. The molecule has 0 bridgehead atoms. The van der Waals surface area contributed by atoms with Gasteiger partial charge >= 0.3 is 6.18 Å². The number of hydrogen-bond acceptors (Lipinski definition) is 2. The van der Waals surface area contributed by atoms with Crippen molar-refractivity contribution in [3.63, 3.8) is 0 Å². The van der Waals surface area contributed by atoms with Crippen molar-refractivity contribution in [3.8, 4) is 0 Å². The van der Waals surface area contributed by atoms with Crippen LogP contribution in [0.5, 0.6) is 0 Å². The Kier molecular flexibility index (Phi) is 3.25. The lowest BCUT2D eigenvalue weighted by Gasteiger charge is -2.05. The summed E-state index contributed by atoms with van der Waals surface area (Å²) in [7, 11) is 0. The first-order valence-electron chi connectivity index (χ1n) is 6.23. The van der Waals surface area contributed by atoms with E-state index in [1.807, 2.05) is 18.2 Å². The Morgan fingerprint density at radius 2 is 1.62 bits per heavy atom. The van der Waals surface area contributed by atoms with Crippen molar-refractivity contribution < 1.29 is 17.6 Å². The zero-order valence-corrected chi connectivity index (χ0v) is 10.8. The minimum Gasteiger partial charge on any atom is -0.437 e. The quantitative estimate of drug-likeness (QED) is 0.662. The summed E-state index contributed by atoms with van der Waals surface area (Å²) in [4.78, 5) is 4.25. The Morgan fingerprint density at radius 3 is 2.29 bits per heavy atom. The predicted octanol–water partition coefficient (Wildman–Crippen LogP) is 5.02. The summed E-state index contributed by atoms with van der Waals surface area (Å²) >= 11 is 0. The molecular formula is C16H10F3NO. The number of halogens is 3. The average molecular weight is 289 g/mol. The van der Waals surface area contributed by atoms with Crippen LogP contribution in [0.4, 0.5) is 13.2 Å². The van der Waals surface area contributed by atoms with Crippen LogP contribution in [0.25, 0.3) is 23.3 Å². The van der Waals surface area contributed by atoms with Gasteiger partial charge in [-0.2, -0.15) is 13.2 Å². The zero-order chi connectivity index (χ0) is 14.9. The summed E-state index contributed by atoms with van der Waals surface area (Å²) in [5, 5.41) is 0. The largest absolute Gasteiger partial charge is 0.437 e. The van der Waals surface area contributed by atoms with Crippen molar-refractivity contribution in [1.82, 2.24) is 4.98 Å². The second-order valence-corrected chi connectivity index (χ2v) is 4.47. The number of benzene rings is 2. The van der Waals surface area contributed by atoms with Gasteiger partial charge in [0.2, 0.25) is 5.89 Å². The van der Waals surface area contributed by atoms with Crippen LogP contribution in [0.1, 0.15) is 17.0 Å². The molecule has 0 spiro atoms. The van der Waals surface area contributed by atoms with E-state index in [1.165, 1.54) is 12.1 Å². The fourth-order valence-corrected chi connectivity index (χ4v) is 1.91. The summed E-state index contributed by atoms with van der Waals surface area (Å²) in [5.74, 6) is 0.413. The van der Waals surface area contributed by atoms with E-state index in [-0.39, 0.29) is 0 Å². The van der Waals surface area contributed by atoms with Crippen LogP contribution in [0.15, 0.2) is 52.9 Å². The first kappa shape index (κ1) is 13.4. The third-order valence-electron chi connectivity index (χ3n) is 2.97. The standard InChI is InChI=1S/C16H10F3NO/c17-16(18,19)12-8-5-11(6-9-12)7-10-15-20-13-3-1-2-4-14(13)21-15/h1-10H. The van der Waals surface area contributed by atoms with Crippen LogP contribution < -0.4 is 0 Å². The molecule has 0 unspecified atom stereocenters. The minimum atomic E-state index is -4.32. The van der Waals surface area contributed by atoms with Gasteiger partial charge in [0.1, 0.15) is 5.52 Å². The van der Waals surface area contributed by atoms with Gasteiger partial charge in [0.05, 0.1) is 5.56 Å². The SMILES string of the molecule is FC(F)(F)c1ccc(C=Cc2nc3ccccc3o2)cc1. The summed E-state index contributed by atoms with van der Waals surface area (Å²) in [6.07, 6.45) is -1.03. The Hall–Kier alpha value is -2.56. The van der Waals surface area contributed by atoms with Crippen LogP contribution in [0, 0.1) is 0 Å². The molecule has 0 aliphatic carbocycles. The van der Waals surface area contributed by atoms with E-state index in [2.05, 4.69) is 4.98 Å². The van der Waals surface area contributed by atoms with Crippen LogP contribution in [0.3, 0.4) is 0 Å². The number of fused-ring (bicyclic) bond motifs is 1. The molecule has 0 saturated carbocycles. The third kappa shape index (κ3) is 2.97. The van der Waals surface area contributed by atoms with Gasteiger partial charge in [-0.25, -0.2) is 4.98 Å². The highest BCUT2D eigenvalue weighted by atomic mass is 19.4. The smallest absolute Gasteiger partial charge is 0.416 e. The van der Waals surface area contributed by atoms with Crippen LogP contribution in [-0.4, -0.2) is 4.98 Å². The zero-order valence-electron chi connectivity index (χ0n) is 10.8. The molecule has 0 atom stereocenters. The van der Waals surface area contributed by atoms with Gasteiger partial charge in [-0.05, 0) is 35.9 Å². The van der Waals surface area contributed by atoms with Gasteiger partial charge in [0.25, 0.3) is 0 Å². The molecule has 0 radical (unpaired) electrons. The summed E-state index contributed by atoms with van der Waals surface area (Å²) in [5.41, 5.74) is 1.39. The summed E-state index contributed by atoms with van der Waals surface area (Å²) in [6.45, 7) is 0. The second kappa shape index (κ2) is 5.09. The average Bonchev–Trinajstić information content (AvgIpc) is 2.87. The molecule has 0 N–H and O–H groups in total. The number of rotatable bonds is 2. The Labute approximate surface area is 118 Å². The second-order valence-electron chi connectivity index (χ2n) is 4.47. The molecule has 1 aromatic heterocycles. The van der Waals surface area contributed by atoms with Crippen molar-refractivity contribution in [2.24, 2.45) is 0 Å². The maximum atomic E-state index is 12.4. The van der Waals surface area contributed by atoms with E-state index in [1.54, 1.807) is 18.2 Å². The van der Waals surface area contributed by atoms with E-state index >= 15 is 0 Å². The van der Waals surface area contributed by atoms with Crippen molar-refractivity contribution in [2.75, 3.05) is 0 Å². The van der Waals surface area contributed by atoms with E-state index in [9.17, 15) is 13.2 Å². The van der Waals surface area contributed by atoms with Crippen LogP contribution in [0.2, 0.25) is 0 Å². The van der Waals surface area contributed by atoms with Gasteiger partial charge in [-0.15, -0.1) is 0 Å². The molecule has 0 aliphatic heterocycles. The fourth-order valence-electron chi connectivity index (χ4n) is 1.91. The normalized spacial score (nSPS) is 12.3. The highest BCUT2D eigenvalue weighted by molar-refractivity contribution is 5.75. The predicted molar refractivity (Wildman–Crippen MR) is 74.4 cm³/mol. The summed E-state index contributed by atoms with van der Waals surface area (Å²) in [6, 6.07) is 12.2. The van der Waals surface area contributed by atoms with E-state index < -0.39 is 11.7 Å². The molecule has 3 rings (SSSR count). The molecule has 0 fully saturated rings. The third-order valence-corrected chi connectivity index (χ3v) is 2.97. The van der Waals surface area contributed by atoms with Crippen LogP contribution in [-0.2, 0) is 6.18 Å². The monoisotopic (exact) mass is 289 g/mol. The van der Waals surface area contributed by atoms with Gasteiger partial charge in [-0.3, -0.25) is 0 Å². The fraction of sp³-hybridized carbons (Fsp3) is 0.0625.